The lowest BCUT2D eigenvalue weighted by atomic mass is 10.1. The van der Waals surface area contributed by atoms with E-state index in [1.807, 2.05) is 31.4 Å². The van der Waals surface area contributed by atoms with E-state index < -0.39 is 0 Å². The first-order valence-electron chi connectivity index (χ1n) is 5.79. The molecule has 0 saturated heterocycles. The van der Waals surface area contributed by atoms with Crippen molar-refractivity contribution >= 4 is 40.4 Å². The second-order valence-corrected chi connectivity index (χ2v) is 6.03. The molecule has 1 amide bonds. The number of carbonyl (C=O) groups is 1. The van der Waals surface area contributed by atoms with Crippen molar-refractivity contribution in [2.24, 2.45) is 0 Å². The van der Waals surface area contributed by atoms with E-state index in [1.54, 1.807) is 12.1 Å². The van der Waals surface area contributed by atoms with Crippen molar-refractivity contribution in [2.75, 3.05) is 0 Å². The molecule has 0 aliphatic heterocycles. The SMILES string of the molecule is Cc1ccsc1C(=O)N[C@@H](C)c1ccc(Cl)c(Cl)c1. The van der Waals surface area contributed by atoms with Crippen molar-refractivity contribution in [3.63, 3.8) is 0 Å². The van der Waals surface area contributed by atoms with Crippen LogP contribution in [-0.4, -0.2) is 5.91 Å². The summed E-state index contributed by atoms with van der Waals surface area (Å²) in [5.74, 6) is -0.0638. The van der Waals surface area contributed by atoms with Crippen LogP contribution in [0.1, 0.15) is 33.8 Å². The van der Waals surface area contributed by atoms with Crippen molar-refractivity contribution in [1.82, 2.24) is 5.32 Å². The molecule has 1 aromatic carbocycles. The van der Waals surface area contributed by atoms with Crippen LogP contribution < -0.4 is 5.32 Å². The molecule has 0 unspecified atom stereocenters. The summed E-state index contributed by atoms with van der Waals surface area (Å²) in [6.45, 7) is 3.84. The largest absolute Gasteiger partial charge is 0.345 e. The van der Waals surface area contributed by atoms with Gasteiger partial charge in [0.2, 0.25) is 0 Å². The zero-order valence-corrected chi connectivity index (χ0v) is 12.9. The van der Waals surface area contributed by atoms with Crippen LogP contribution in [0.2, 0.25) is 10.0 Å². The van der Waals surface area contributed by atoms with Gasteiger partial charge in [-0.05, 0) is 48.6 Å². The normalized spacial score (nSPS) is 12.2. The molecular weight excluding hydrogens is 301 g/mol. The molecule has 2 rings (SSSR count). The van der Waals surface area contributed by atoms with E-state index in [2.05, 4.69) is 5.32 Å². The van der Waals surface area contributed by atoms with Crippen LogP contribution >= 0.6 is 34.5 Å². The first-order chi connectivity index (χ1) is 8.99. The van der Waals surface area contributed by atoms with E-state index in [0.717, 1.165) is 16.0 Å². The second-order valence-electron chi connectivity index (χ2n) is 4.30. The van der Waals surface area contributed by atoms with Gasteiger partial charge in [0.05, 0.1) is 21.0 Å². The van der Waals surface area contributed by atoms with Crippen molar-refractivity contribution < 1.29 is 4.79 Å². The Bertz CT molecular complexity index is 609. The van der Waals surface area contributed by atoms with Gasteiger partial charge in [-0.15, -0.1) is 11.3 Å². The maximum absolute atomic E-state index is 12.1. The van der Waals surface area contributed by atoms with Gasteiger partial charge in [-0.1, -0.05) is 29.3 Å². The molecule has 1 heterocycles. The molecule has 1 atom stereocenters. The number of hydrogen-bond donors (Lipinski definition) is 1. The van der Waals surface area contributed by atoms with E-state index in [4.69, 9.17) is 23.2 Å². The third kappa shape index (κ3) is 3.30. The fourth-order valence-corrected chi connectivity index (χ4v) is 2.87. The van der Waals surface area contributed by atoms with Crippen LogP contribution in [0.25, 0.3) is 0 Å². The van der Waals surface area contributed by atoms with E-state index >= 15 is 0 Å². The Morgan fingerprint density at radius 1 is 1.26 bits per heavy atom. The van der Waals surface area contributed by atoms with Crippen LogP contribution in [0.4, 0.5) is 0 Å². The first-order valence-corrected chi connectivity index (χ1v) is 7.42. The minimum absolute atomic E-state index is 0.0638. The number of aryl methyl sites for hydroxylation is 1. The van der Waals surface area contributed by atoms with Gasteiger partial charge in [0.1, 0.15) is 0 Å². The molecule has 0 aliphatic carbocycles. The maximum Gasteiger partial charge on any atom is 0.262 e. The van der Waals surface area contributed by atoms with Gasteiger partial charge >= 0.3 is 0 Å². The molecule has 1 N–H and O–H groups in total. The van der Waals surface area contributed by atoms with E-state index in [-0.39, 0.29) is 11.9 Å². The topological polar surface area (TPSA) is 29.1 Å². The summed E-state index contributed by atoms with van der Waals surface area (Å²) in [4.78, 5) is 12.8. The van der Waals surface area contributed by atoms with E-state index in [9.17, 15) is 4.79 Å². The van der Waals surface area contributed by atoms with Crippen LogP contribution in [0.5, 0.6) is 0 Å². The second kappa shape index (κ2) is 5.95. The average Bonchev–Trinajstić information content (AvgIpc) is 2.79. The van der Waals surface area contributed by atoms with Gasteiger partial charge in [0.25, 0.3) is 5.91 Å². The Balaban J connectivity index is 2.13. The summed E-state index contributed by atoms with van der Waals surface area (Å²) in [7, 11) is 0. The third-order valence-electron chi connectivity index (χ3n) is 2.86. The Morgan fingerprint density at radius 2 is 2.00 bits per heavy atom. The highest BCUT2D eigenvalue weighted by molar-refractivity contribution is 7.12. The molecule has 0 saturated carbocycles. The van der Waals surface area contributed by atoms with Gasteiger partial charge in [0, 0.05) is 0 Å². The predicted molar refractivity (Wildman–Crippen MR) is 81.4 cm³/mol. The Hall–Kier alpha value is -1.03. The number of benzene rings is 1. The molecule has 0 spiro atoms. The highest BCUT2D eigenvalue weighted by atomic mass is 35.5. The molecule has 5 heteroatoms. The first kappa shape index (κ1) is 14.4. The fraction of sp³-hybridized carbons (Fsp3) is 0.214. The Labute approximate surface area is 126 Å². The standard InChI is InChI=1S/C14H13Cl2NOS/c1-8-5-6-19-13(8)14(18)17-9(2)10-3-4-11(15)12(16)7-10/h3-7,9H,1-2H3,(H,17,18)/t9-/m0/s1. The molecule has 0 fully saturated rings. The highest BCUT2D eigenvalue weighted by Crippen LogP contribution is 2.26. The zero-order valence-electron chi connectivity index (χ0n) is 10.5. The quantitative estimate of drug-likeness (QED) is 0.861. The molecule has 2 aromatic rings. The molecule has 2 nitrogen and oxygen atoms in total. The highest BCUT2D eigenvalue weighted by Gasteiger charge is 2.15. The number of nitrogens with one attached hydrogen (secondary N) is 1. The van der Waals surface area contributed by atoms with Crippen LogP contribution in [-0.2, 0) is 0 Å². The lowest BCUT2D eigenvalue weighted by molar-refractivity contribution is 0.0943. The van der Waals surface area contributed by atoms with Gasteiger partial charge in [-0.2, -0.15) is 0 Å². The van der Waals surface area contributed by atoms with E-state index in [1.165, 1.54) is 11.3 Å². The minimum atomic E-state index is -0.122. The van der Waals surface area contributed by atoms with Crippen molar-refractivity contribution in [1.29, 1.82) is 0 Å². The number of amides is 1. The van der Waals surface area contributed by atoms with Crippen molar-refractivity contribution in [3.05, 3.63) is 55.7 Å². The van der Waals surface area contributed by atoms with Crippen LogP contribution in [0.3, 0.4) is 0 Å². The average molecular weight is 314 g/mol. The van der Waals surface area contributed by atoms with Gasteiger partial charge in [0.15, 0.2) is 0 Å². The number of hydrogen-bond acceptors (Lipinski definition) is 2. The molecule has 0 bridgehead atoms. The monoisotopic (exact) mass is 313 g/mol. The van der Waals surface area contributed by atoms with Crippen LogP contribution in [0, 0.1) is 6.92 Å². The Kier molecular flexibility index (Phi) is 4.50. The molecule has 0 radical (unpaired) electrons. The molecule has 1 aromatic heterocycles. The maximum atomic E-state index is 12.1. The molecule has 19 heavy (non-hydrogen) atoms. The summed E-state index contributed by atoms with van der Waals surface area (Å²) >= 11 is 13.3. The summed E-state index contributed by atoms with van der Waals surface area (Å²) in [6.07, 6.45) is 0. The van der Waals surface area contributed by atoms with E-state index in [0.29, 0.717) is 10.0 Å². The van der Waals surface area contributed by atoms with Crippen molar-refractivity contribution in [3.8, 4) is 0 Å². The Morgan fingerprint density at radius 3 is 2.58 bits per heavy atom. The van der Waals surface area contributed by atoms with Gasteiger partial charge < -0.3 is 5.32 Å². The molecular formula is C14H13Cl2NOS. The molecule has 100 valence electrons. The number of rotatable bonds is 3. The number of halogens is 2. The zero-order chi connectivity index (χ0) is 14.0. The predicted octanol–water partition coefficient (Wildman–Crippen LogP) is 4.85. The van der Waals surface area contributed by atoms with Gasteiger partial charge in [-0.25, -0.2) is 0 Å². The minimum Gasteiger partial charge on any atom is -0.345 e. The summed E-state index contributed by atoms with van der Waals surface area (Å²) in [5.41, 5.74) is 1.92. The fourth-order valence-electron chi connectivity index (χ4n) is 1.73. The lowest BCUT2D eigenvalue weighted by Gasteiger charge is -2.14. The smallest absolute Gasteiger partial charge is 0.262 e. The van der Waals surface area contributed by atoms with Crippen molar-refractivity contribution in [2.45, 2.75) is 19.9 Å². The molecule has 0 aliphatic rings. The summed E-state index contributed by atoms with van der Waals surface area (Å²) in [5, 5.41) is 5.87. The summed E-state index contributed by atoms with van der Waals surface area (Å²) in [6, 6.07) is 7.18. The van der Waals surface area contributed by atoms with Gasteiger partial charge in [-0.3, -0.25) is 4.79 Å². The lowest BCUT2D eigenvalue weighted by Crippen LogP contribution is -2.26. The third-order valence-corrected chi connectivity index (χ3v) is 4.61. The van der Waals surface area contributed by atoms with Crippen LogP contribution in [0.15, 0.2) is 29.6 Å². The summed E-state index contributed by atoms with van der Waals surface area (Å²) < 4.78 is 0. The number of thiophene rings is 1. The number of carbonyl (C=O) groups excluding carboxylic acids is 1.